The van der Waals surface area contributed by atoms with E-state index in [0.29, 0.717) is 18.7 Å². The zero-order valence-corrected chi connectivity index (χ0v) is 17.6. The quantitative estimate of drug-likeness (QED) is 0.522. The van der Waals surface area contributed by atoms with Crippen molar-refractivity contribution in [3.8, 4) is 0 Å². The van der Waals surface area contributed by atoms with Gasteiger partial charge in [-0.05, 0) is 29.8 Å². The molecule has 2 nitrogen and oxygen atoms in total. The van der Waals surface area contributed by atoms with Gasteiger partial charge in [-0.1, -0.05) is 78.9 Å². The van der Waals surface area contributed by atoms with Crippen molar-refractivity contribution in [1.29, 1.82) is 0 Å². The van der Waals surface area contributed by atoms with E-state index in [-0.39, 0.29) is 12.0 Å². The van der Waals surface area contributed by atoms with Gasteiger partial charge in [0.25, 0.3) is 0 Å². The van der Waals surface area contributed by atoms with E-state index in [1.807, 2.05) is 36.4 Å². The highest BCUT2D eigenvalue weighted by molar-refractivity contribution is 5.35. The molecule has 0 unspecified atom stereocenters. The van der Waals surface area contributed by atoms with Gasteiger partial charge >= 0.3 is 6.18 Å². The predicted molar refractivity (Wildman–Crippen MR) is 118 cm³/mol. The van der Waals surface area contributed by atoms with Gasteiger partial charge in [0, 0.05) is 38.1 Å². The second-order valence-corrected chi connectivity index (χ2v) is 8.24. The lowest BCUT2D eigenvalue weighted by Crippen LogP contribution is -2.53. The molecule has 0 aromatic heterocycles. The van der Waals surface area contributed by atoms with Crippen LogP contribution in [0.4, 0.5) is 13.2 Å². The summed E-state index contributed by atoms with van der Waals surface area (Å²) >= 11 is 0. The molecular formula is C26H27F3N2. The van der Waals surface area contributed by atoms with Crippen molar-refractivity contribution in [3.05, 3.63) is 107 Å². The van der Waals surface area contributed by atoms with E-state index in [9.17, 15) is 13.2 Å². The molecule has 3 aromatic carbocycles. The van der Waals surface area contributed by atoms with E-state index in [0.717, 1.165) is 13.1 Å². The van der Waals surface area contributed by atoms with Crippen molar-refractivity contribution in [2.45, 2.75) is 24.7 Å². The van der Waals surface area contributed by atoms with E-state index in [1.54, 1.807) is 12.1 Å². The van der Waals surface area contributed by atoms with Crippen LogP contribution >= 0.6 is 0 Å². The summed E-state index contributed by atoms with van der Waals surface area (Å²) in [7, 11) is 2.12. The average molecular weight is 425 g/mol. The number of rotatable bonds is 5. The zero-order valence-electron chi connectivity index (χ0n) is 17.6. The van der Waals surface area contributed by atoms with Crippen LogP contribution in [-0.4, -0.2) is 42.5 Å². The third-order valence-corrected chi connectivity index (χ3v) is 6.20. The first-order valence-corrected chi connectivity index (χ1v) is 10.6. The van der Waals surface area contributed by atoms with E-state index in [1.165, 1.54) is 23.3 Å². The lowest BCUT2D eigenvalue weighted by molar-refractivity contribution is -0.138. The van der Waals surface area contributed by atoms with Gasteiger partial charge in [0.05, 0.1) is 5.56 Å². The van der Waals surface area contributed by atoms with Crippen molar-refractivity contribution >= 4 is 0 Å². The minimum Gasteiger partial charge on any atom is -0.300 e. The van der Waals surface area contributed by atoms with Gasteiger partial charge in [-0.3, -0.25) is 9.80 Å². The molecule has 0 radical (unpaired) electrons. The van der Waals surface area contributed by atoms with Crippen molar-refractivity contribution in [2.24, 2.45) is 0 Å². The Morgan fingerprint density at radius 3 is 1.94 bits per heavy atom. The molecule has 1 saturated heterocycles. The Kier molecular flexibility index (Phi) is 6.44. The molecule has 1 aliphatic heterocycles. The topological polar surface area (TPSA) is 6.48 Å². The van der Waals surface area contributed by atoms with Crippen LogP contribution in [0.1, 0.15) is 28.2 Å². The Hall–Kier alpha value is -2.63. The second-order valence-electron chi connectivity index (χ2n) is 8.24. The number of hydrogen-bond acceptors (Lipinski definition) is 2. The van der Waals surface area contributed by atoms with Crippen LogP contribution in [0.15, 0.2) is 84.9 Å². The van der Waals surface area contributed by atoms with Crippen LogP contribution in [0, 0.1) is 0 Å². The second kappa shape index (κ2) is 9.25. The first-order valence-electron chi connectivity index (χ1n) is 10.6. The van der Waals surface area contributed by atoms with Gasteiger partial charge in [0.15, 0.2) is 0 Å². The van der Waals surface area contributed by atoms with Gasteiger partial charge in [-0.2, -0.15) is 13.2 Å². The Morgan fingerprint density at radius 2 is 1.35 bits per heavy atom. The minimum absolute atomic E-state index is 0.146. The molecule has 0 saturated carbocycles. The molecule has 0 N–H and O–H groups in total. The highest BCUT2D eigenvalue weighted by Crippen LogP contribution is 2.35. The van der Waals surface area contributed by atoms with Gasteiger partial charge < -0.3 is 0 Å². The first-order chi connectivity index (χ1) is 14.9. The molecule has 5 heteroatoms. The summed E-state index contributed by atoms with van der Waals surface area (Å²) in [6.45, 7) is 2.57. The van der Waals surface area contributed by atoms with Crippen LogP contribution in [-0.2, 0) is 12.7 Å². The molecule has 3 aromatic rings. The van der Waals surface area contributed by atoms with Crippen LogP contribution < -0.4 is 0 Å². The maximum atomic E-state index is 13.5. The molecule has 1 heterocycles. The van der Waals surface area contributed by atoms with Crippen molar-refractivity contribution in [2.75, 3.05) is 26.7 Å². The first kappa shape index (κ1) is 21.6. The van der Waals surface area contributed by atoms with E-state index in [2.05, 4.69) is 41.1 Å². The third-order valence-electron chi connectivity index (χ3n) is 6.20. The van der Waals surface area contributed by atoms with Crippen molar-refractivity contribution < 1.29 is 13.2 Å². The maximum absolute atomic E-state index is 13.5. The van der Waals surface area contributed by atoms with Crippen LogP contribution in [0.2, 0.25) is 0 Å². The smallest absolute Gasteiger partial charge is 0.300 e. The fraction of sp³-hybridized carbons (Fsp3) is 0.308. The summed E-state index contributed by atoms with van der Waals surface area (Å²) in [5.41, 5.74) is 2.26. The normalized spacial score (nSPS) is 18.4. The van der Waals surface area contributed by atoms with Gasteiger partial charge in [0.2, 0.25) is 0 Å². The molecule has 1 aliphatic rings. The number of nitrogens with zero attached hydrogens (tertiary/aromatic N) is 2. The largest absolute Gasteiger partial charge is 0.416 e. The van der Waals surface area contributed by atoms with E-state index < -0.39 is 11.7 Å². The number of piperazine rings is 1. The average Bonchev–Trinajstić information content (AvgIpc) is 2.77. The van der Waals surface area contributed by atoms with E-state index >= 15 is 0 Å². The maximum Gasteiger partial charge on any atom is 0.416 e. The Morgan fingerprint density at radius 1 is 0.806 bits per heavy atom. The predicted octanol–water partition coefficient (Wildman–Crippen LogP) is 5.65. The molecule has 4 rings (SSSR count). The van der Waals surface area contributed by atoms with Crippen molar-refractivity contribution in [1.82, 2.24) is 9.80 Å². The molecule has 0 amide bonds. The minimum atomic E-state index is -4.33. The van der Waals surface area contributed by atoms with Crippen LogP contribution in [0.25, 0.3) is 0 Å². The van der Waals surface area contributed by atoms with Crippen molar-refractivity contribution in [3.63, 3.8) is 0 Å². The molecule has 0 bridgehead atoms. The van der Waals surface area contributed by atoms with Gasteiger partial charge in [-0.15, -0.1) is 0 Å². The lowest BCUT2D eigenvalue weighted by Gasteiger charge is -2.44. The standard InChI is InChI=1S/C26H27F3N2/c1-30-16-17-31(18-22-14-8-9-15-23(22)26(27,28)29)19-24(30)25(20-10-4-2-5-11-20)21-12-6-3-7-13-21/h2-15,24-25H,16-19H2,1H3/t24-/m1/s1. The summed E-state index contributed by atoms with van der Waals surface area (Å²) < 4.78 is 40.5. The van der Waals surface area contributed by atoms with Crippen LogP contribution in [0.5, 0.6) is 0 Å². The lowest BCUT2D eigenvalue weighted by atomic mass is 9.83. The molecular weight excluding hydrogens is 397 g/mol. The summed E-state index contributed by atoms with van der Waals surface area (Å²) in [6.07, 6.45) is -4.33. The Labute approximate surface area is 181 Å². The fourth-order valence-electron chi connectivity index (χ4n) is 4.60. The number of alkyl halides is 3. The summed E-state index contributed by atoms with van der Waals surface area (Å²) in [5, 5.41) is 0. The SMILES string of the molecule is CN1CCN(Cc2ccccc2C(F)(F)F)C[C@@H]1C(c1ccccc1)c1ccccc1. The van der Waals surface area contributed by atoms with Gasteiger partial charge in [-0.25, -0.2) is 0 Å². The third kappa shape index (κ3) is 5.00. The van der Waals surface area contributed by atoms with Gasteiger partial charge in [0.1, 0.15) is 0 Å². The number of benzene rings is 3. The fourth-order valence-corrected chi connectivity index (χ4v) is 4.60. The number of hydrogen-bond donors (Lipinski definition) is 0. The van der Waals surface area contributed by atoms with Crippen LogP contribution in [0.3, 0.4) is 0 Å². The molecule has 0 spiro atoms. The highest BCUT2D eigenvalue weighted by atomic mass is 19.4. The highest BCUT2D eigenvalue weighted by Gasteiger charge is 2.36. The summed E-state index contributed by atoms with van der Waals surface area (Å²) in [6, 6.07) is 26.9. The molecule has 1 atom stereocenters. The Bertz CT molecular complexity index is 933. The Balaban J connectivity index is 1.62. The molecule has 1 fully saturated rings. The summed E-state index contributed by atoms with van der Waals surface area (Å²) in [4.78, 5) is 4.50. The van der Waals surface area contributed by atoms with E-state index in [4.69, 9.17) is 0 Å². The monoisotopic (exact) mass is 424 g/mol. The zero-order chi connectivity index (χ0) is 21.8. The number of halogens is 3. The summed E-state index contributed by atoms with van der Waals surface area (Å²) in [5.74, 6) is 0.146. The molecule has 31 heavy (non-hydrogen) atoms. The number of likely N-dealkylation sites (N-methyl/N-ethyl adjacent to an activating group) is 1. The molecule has 0 aliphatic carbocycles. The molecule has 162 valence electrons.